The van der Waals surface area contributed by atoms with Crippen molar-refractivity contribution in [2.24, 2.45) is 0 Å². The maximum Gasteiger partial charge on any atom is 0.253 e. The molecule has 0 unspecified atom stereocenters. The normalized spacial score (nSPS) is 16.2. The van der Waals surface area contributed by atoms with Gasteiger partial charge in [-0.25, -0.2) is 0 Å². The number of nitrogens with zero attached hydrogens (tertiary/aromatic N) is 2. The Labute approximate surface area is 191 Å². The Hall–Kier alpha value is -2.98. The molecule has 32 heavy (non-hydrogen) atoms. The fraction of sp³-hybridized carbons (Fsp3) is 0.357. The fourth-order valence-electron chi connectivity index (χ4n) is 4.60. The molecule has 1 atom stereocenters. The molecule has 1 aromatic heterocycles. The molecule has 0 N–H and O–H groups in total. The van der Waals surface area contributed by atoms with Crippen LogP contribution in [0.2, 0.25) is 0 Å². The quantitative estimate of drug-likeness (QED) is 0.524. The Kier molecular flexibility index (Phi) is 7.01. The smallest absolute Gasteiger partial charge is 0.253 e. The third kappa shape index (κ3) is 5.25. The molecule has 4 nitrogen and oxygen atoms in total. The van der Waals surface area contributed by atoms with Crippen LogP contribution in [-0.4, -0.2) is 36.0 Å². The lowest BCUT2D eigenvalue weighted by Crippen LogP contribution is -2.39. The van der Waals surface area contributed by atoms with Crippen LogP contribution in [0.1, 0.15) is 62.8 Å². The van der Waals surface area contributed by atoms with Crippen LogP contribution in [0.4, 0.5) is 0 Å². The first kappa shape index (κ1) is 22.2. The predicted octanol–water partition coefficient (Wildman–Crippen LogP) is 5.46. The first-order valence-corrected chi connectivity index (χ1v) is 11.4. The summed E-state index contributed by atoms with van der Waals surface area (Å²) in [6.45, 7) is 6.31. The zero-order valence-corrected chi connectivity index (χ0v) is 19.3. The van der Waals surface area contributed by atoms with Crippen molar-refractivity contribution in [1.29, 1.82) is 0 Å². The number of ether oxygens (including phenoxy) is 1. The molecule has 1 aliphatic heterocycles. The Bertz CT molecular complexity index is 1080. The highest BCUT2D eigenvalue weighted by atomic mass is 16.5. The van der Waals surface area contributed by atoms with E-state index in [1.54, 1.807) is 7.11 Å². The van der Waals surface area contributed by atoms with Crippen molar-refractivity contribution in [1.82, 2.24) is 9.88 Å². The number of piperidine rings is 1. The number of carbonyl (C=O) groups excluding carboxylic acids is 1. The Morgan fingerprint density at radius 1 is 1.06 bits per heavy atom. The van der Waals surface area contributed by atoms with E-state index in [0.29, 0.717) is 6.61 Å². The highest BCUT2D eigenvalue weighted by molar-refractivity contribution is 5.94. The molecule has 1 amide bonds. The highest BCUT2D eigenvalue weighted by Crippen LogP contribution is 2.28. The minimum Gasteiger partial charge on any atom is -0.380 e. The number of rotatable bonds is 6. The third-order valence-electron chi connectivity index (χ3n) is 6.33. The van der Waals surface area contributed by atoms with E-state index in [9.17, 15) is 4.79 Å². The van der Waals surface area contributed by atoms with Gasteiger partial charge in [0, 0.05) is 43.1 Å². The van der Waals surface area contributed by atoms with Crippen LogP contribution >= 0.6 is 0 Å². The van der Waals surface area contributed by atoms with E-state index < -0.39 is 0 Å². The molecule has 3 aromatic rings. The van der Waals surface area contributed by atoms with Crippen LogP contribution in [0.3, 0.4) is 0 Å². The molecule has 1 saturated heterocycles. The summed E-state index contributed by atoms with van der Waals surface area (Å²) >= 11 is 0. The van der Waals surface area contributed by atoms with Crippen molar-refractivity contribution in [2.45, 2.75) is 45.6 Å². The molecule has 0 bridgehead atoms. The van der Waals surface area contributed by atoms with Crippen LogP contribution in [0.5, 0.6) is 0 Å². The maximum absolute atomic E-state index is 13.1. The number of hydrogen-bond donors (Lipinski definition) is 0. The van der Waals surface area contributed by atoms with Crippen LogP contribution in [0, 0.1) is 13.8 Å². The number of hydrogen-bond acceptors (Lipinski definition) is 3. The van der Waals surface area contributed by atoms with Gasteiger partial charge in [0.15, 0.2) is 0 Å². The van der Waals surface area contributed by atoms with Crippen molar-refractivity contribution in [3.63, 3.8) is 0 Å². The SMILES string of the molecule is COCc1ccc(C(=O)N2CCC[C@@H](c3cc(Cc4ccccc4C)cc(C)n3)C2)cc1. The van der Waals surface area contributed by atoms with E-state index in [-0.39, 0.29) is 11.8 Å². The lowest BCUT2D eigenvalue weighted by molar-refractivity contribution is 0.0706. The zero-order chi connectivity index (χ0) is 22.5. The molecular formula is C28H32N2O2. The van der Waals surface area contributed by atoms with E-state index in [1.165, 1.54) is 16.7 Å². The predicted molar refractivity (Wildman–Crippen MR) is 128 cm³/mol. The molecular weight excluding hydrogens is 396 g/mol. The Balaban J connectivity index is 1.49. The molecule has 2 aromatic carbocycles. The van der Waals surface area contributed by atoms with Gasteiger partial charge in [0.05, 0.1) is 6.61 Å². The Morgan fingerprint density at radius 3 is 2.59 bits per heavy atom. The van der Waals surface area contributed by atoms with Crippen LogP contribution in [0.25, 0.3) is 0 Å². The molecule has 0 aliphatic carbocycles. The van der Waals surface area contributed by atoms with E-state index in [2.05, 4.69) is 50.2 Å². The summed E-state index contributed by atoms with van der Waals surface area (Å²) in [5, 5.41) is 0. The summed E-state index contributed by atoms with van der Waals surface area (Å²) < 4.78 is 5.17. The number of aromatic nitrogens is 1. The number of aryl methyl sites for hydroxylation is 2. The lowest BCUT2D eigenvalue weighted by atomic mass is 9.91. The number of amides is 1. The largest absolute Gasteiger partial charge is 0.380 e. The summed E-state index contributed by atoms with van der Waals surface area (Å²) in [7, 11) is 1.68. The zero-order valence-electron chi connectivity index (χ0n) is 19.3. The van der Waals surface area contributed by atoms with Gasteiger partial charge in [0.2, 0.25) is 0 Å². The third-order valence-corrected chi connectivity index (χ3v) is 6.33. The van der Waals surface area contributed by atoms with E-state index in [0.717, 1.165) is 54.9 Å². The van der Waals surface area contributed by atoms with Gasteiger partial charge in [-0.2, -0.15) is 0 Å². The summed E-state index contributed by atoms with van der Waals surface area (Å²) in [4.78, 5) is 20.0. The van der Waals surface area contributed by atoms with Gasteiger partial charge in [0.25, 0.3) is 5.91 Å². The van der Waals surface area contributed by atoms with Gasteiger partial charge in [-0.15, -0.1) is 0 Å². The number of likely N-dealkylation sites (tertiary alicyclic amines) is 1. The second kappa shape index (κ2) is 10.1. The summed E-state index contributed by atoms with van der Waals surface area (Å²) in [5.41, 5.74) is 7.92. The summed E-state index contributed by atoms with van der Waals surface area (Å²) in [5.74, 6) is 0.377. The van der Waals surface area contributed by atoms with Crippen LogP contribution in [-0.2, 0) is 17.8 Å². The van der Waals surface area contributed by atoms with Gasteiger partial charge in [-0.05, 0) is 79.6 Å². The van der Waals surface area contributed by atoms with Gasteiger partial charge in [-0.1, -0.05) is 36.4 Å². The molecule has 1 fully saturated rings. The second-order valence-electron chi connectivity index (χ2n) is 8.87. The van der Waals surface area contributed by atoms with Gasteiger partial charge in [-0.3, -0.25) is 9.78 Å². The lowest BCUT2D eigenvalue weighted by Gasteiger charge is -2.33. The van der Waals surface area contributed by atoms with Crippen molar-refractivity contribution < 1.29 is 9.53 Å². The monoisotopic (exact) mass is 428 g/mol. The molecule has 2 heterocycles. The fourth-order valence-corrected chi connectivity index (χ4v) is 4.60. The number of benzene rings is 2. The minimum atomic E-state index is 0.103. The first-order valence-electron chi connectivity index (χ1n) is 11.4. The van der Waals surface area contributed by atoms with Crippen molar-refractivity contribution in [2.75, 3.05) is 20.2 Å². The average molecular weight is 429 g/mol. The standard InChI is InChI=1S/C28H32N2O2/c1-20-7-4-5-8-25(20)16-23-15-21(2)29-27(17-23)26-9-6-14-30(18-26)28(31)24-12-10-22(11-13-24)19-32-3/h4-5,7-8,10-13,15,17,26H,6,9,14,16,18-19H2,1-3H3/t26-/m1/s1. The van der Waals surface area contributed by atoms with Crippen molar-refractivity contribution >= 4 is 5.91 Å². The molecule has 166 valence electrons. The number of pyridine rings is 1. The van der Waals surface area contributed by atoms with E-state index in [4.69, 9.17) is 9.72 Å². The first-order chi connectivity index (χ1) is 15.5. The topological polar surface area (TPSA) is 42.4 Å². The summed E-state index contributed by atoms with van der Waals surface area (Å²) in [6, 6.07) is 20.7. The van der Waals surface area contributed by atoms with Crippen LogP contribution < -0.4 is 0 Å². The maximum atomic E-state index is 13.1. The van der Waals surface area contributed by atoms with Gasteiger partial charge in [0.1, 0.15) is 0 Å². The minimum absolute atomic E-state index is 0.103. The van der Waals surface area contributed by atoms with Crippen molar-refractivity contribution in [3.8, 4) is 0 Å². The Morgan fingerprint density at radius 2 is 1.84 bits per heavy atom. The summed E-state index contributed by atoms with van der Waals surface area (Å²) in [6.07, 6.45) is 2.98. The number of carbonyl (C=O) groups is 1. The average Bonchev–Trinajstić information content (AvgIpc) is 2.81. The molecule has 1 aliphatic rings. The van der Waals surface area contributed by atoms with E-state index >= 15 is 0 Å². The molecule has 4 rings (SSSR count). The molecule has 0 saturated carbocycles. The van der Waals surface area contributed by atoms with Gasteiger partial charge < -0.3 is 9.64 Å². The molecule has 0 radical (unpaired) electrons. The van der Waals surface area contributed by atoms with Crippen LogP contribution in [0.15, 0.2) is 60.7 Å². The highest BCUT2D eigenvalue weighted by Gasteiger charge is 2.26. The van der Waals surface area contributed by atoms with E-state index in [1.807, 2.05) is 29.2 Å². The molecule has 0 spiro atoms. The molecule has 4 heteroatoms. The second-order valence-corrected chi connectivity index (χ2v) is 8.87. The number of methoxy groups -OCH3 is 1. The van der Waals surface area contributed by atoms with Gasteiger partial charge >= 0.3 is 0 Å². The van der Waals surface area contributed by atoms with Crippen molar-refractivity contribution in [3.05, 3.63) is 99.9 Å².